The van der Waals surface area contributed by atoms with E-state index in [1.165, 1.54) is 24.6 Å². The Morgan fingerprint density at radius 2 is 1.81 bits per heavy atom. The molecule has 138 valence electrons. The highest BCUT2D eigenvalue weighted by molar-refractivity contribution is 9.10. The molecular formula is C19H17BrN4O2S. The number of ether oxygens (including phenoxy) is 1. The van der Waals surface area contributed by atoms with Gasteiger partial charge in [0.25, 0.3) is 0 Å². The van der Waals surface area contributed by atoms with Gasteiger partial charge in [-0.3, -0.25) is 9.89 Å². The Morgan fingerprint density at radius 1 is 1.15 bits per heavy atom. The number of halogens is 1. The quantitative estimate of drug-likeness (QED) is 0.502. The first-order chi connectivity index (χ1) is 13.2. The molecule has 6 nitrogen and oxygen atoms in total. The number of H-pyrrole nitrogens is 1. The number of aromatic nitrogens is 3. The molecule has 2 N–H and O–H groups in total. The summed E-state index contributed by atoms with van der Waals surface area (Å²) in [5.41, 5.74) is 0.720. The predicted molar refractivity (Wildman–Crippen MR) is 108 cm³/mol. The molecule has 1 amide bonds. The van der Waals surface area contributed by atoms with Gasteiger partial charge in [-0.15, -0.1) is 5.10 Å². The van der Waals surface area contributed by atoms with E-state index in [-0.39, 0.29) is 11.7 Å². The largest absolute Gasteiger partial charge is 0.457 e. The first kappa shape index (κ1) is 18.1. The maximum atomic E-state index is 12.1. The molecule has 27 heavy (non-hydrogen) atoms. The van der Waals surface area contributed by atoms with Crippen molar-refractivity contribution >= 4 is 39.3 Å². The average molecular weight is 445 g/mol. The summed E-state index contributed by atoms with van der Waals surface area (Å²) in [6.07, 6.45) is 2.34. The van der Waals surface area contributed by atoms with Crippen LogP contribution in [0, 0.1) is 0 Å². The van der Waals surface area contributed by atoms with Crippen molar-refractivity contribution in [1.29, 1.82) is 0 Å². The van der Waals surface area contributed by atoms with Gasteiger partial charge >= 0.3 is 0 Å². The third-order valence-electron chi connectivity index (χ3n) is 3.97. The van der Waals surface area contributed by atoms with E-state index in [2.05, 4.69) is 36.4 Å². The van der Waals surface area contributed by atoms with Gasteiger partial charge in [0.15, 0.2) is 0 Å². The minimum absolute atomic E-state index is 0.0978. The molecule has 0 atom stereocenters. The second kappa shape index (κ2) is 8.14. The fourth-order valence-electron chi connectivity index (χ4n) is 2.43. The van der Waals surface area contributed by atoms with E-state index in [9.17, 15) is 4.79 Å². The van der Waals surface area contributed by atoms with E-state index in [0.717, 1.165) is 21.7 Å². The molecular weight excluding hydrogens is 428 g/mol. The van der Waals surface area contributed by atoms with E-state index in [0.29, 0.717) is 16.8 Å². The second-order valence-electron chi connectivity index (χ2n) is 6.19. The van der Waals surface area contributed by atoms with Gasteiger partial charge in [0.1, 0.15) is 17.3 Å². The van der Waals surface area contributed by atoms with E-state index in [4.69, 9.17) is 4.74 Å². The number of hydrogen-bond donors (Lipinski definition) is 2. The van der Waals surface area contributed by atoms with Crippen LogP contribution >= 0.6 is 27.7 Å². The first-order valence-corrected chi connectivity index (χ1v) is 10.3. The highest BCUT2D eigenvalue weighted by Crippen LogP contribution is 2.38. The van der Waals surface area contributed by atoms with Crippen molar-refractivity contribution in [2.75, 3.05) is 11.1 Å². The lowest BCUT2D eigenvalue weighted by atomic mass is 10.3. The van der Waals surface area contributed by atoms with Gasteiger partial charge in [0.05, 0.1) is 5.75 Å². The molecule has 1 fully saturated rings. The van der Waals surface area contributed by atoms with Gasteiger partial charge in [0, 0.05) is 16.1 Å². The highest BCUT2D eigenvalue weighted by Gasteiger charge is 2.27. The summed E-state index contributed by atoms with van der Waals surface area (Å²) in [7, 11) is 0. The number of amides is 1. The van der Waals surface area contributed by atoms with Crippen LogP contribution in [0.15, 0.2) is 58.2 Å². The fraction of sp³-hybridized carbons (Fsp3) is 0.211. The lowest BCUT2D eigenvalue weighted by Crippen LogP contribution is -2.14. The standard InChI is InChI=1S/C19H17BrN4O2S/c20-13-3-7-15(8-4-13)26-16-9-5-14(6-10-16)21-17(25)11-27-19-22-18(23-24-19)12-1-2-12/h3-10,12H,1-2,11H2,(H,21,25)(H,22,23,24). The third-order valence-corrected chi connectivity index (χ3v) is 5.34. The van der Waals surface area contributed by atoms with E-state index in [1.54, 1.807) is 0 Å². The monoisotopic (exact) mass is 444 g/mol. The molecule has 0 spiro atoms. The Kier molecular flexibility index (Phi) is 5.45. The number of nitrogens with one attached hydrogen (secondary N) is 2. The van der Waals surface area contributed by atoms with Gasteiger partial charge in [0.2, 0.25) is 11.1 Å². The summed E-state index contributed by atoms with van der Waals surface area (Å²) in [4.78, 5) is 16.5. The molecule has 0 radical (unpaired) electrons. The molecule has 4 rings (SSSR count). The van der Waals surface area contributed by atoms with Crippen LogP contribution in [0.3, 0.4) is 0 Å². The maximum absolute atomic E-state index is 12.1. The number of nitrogens with zero attached hydrogens (tertiary/aromatic N) is 2. The number of aromatic amines is 1. The van der Waals surface area contributed by atoms with Gasteiger partial charge in [-0.25, -0.2) is 4.98 Å². The Hall–Kier alpha value is -2.32. The number of thioether (sulfide) groups is 1. The van der Waals surface area contributed by atoms with Crippen LogP contribution in [0.25, 0.3) is 0 Å². The average Bonchev–Trinajstić information content (AvgIpc) is 3.42. The normalized spacial score (nSPS) is 13.4. The van der Waals surface area contributed by atoms with E-state index >= 15 is 0 Å². The summed E-state index contributed by atoms with van der Waals surface area (Å²) in [6, 6.07) is 14.9. The summed E-state index contributed by atoms with van der Waals surface area (Å²) >= 11 is 4.72. The minimum Gasteiger partial charge on any atom is -0.457 e. The number of carbonyl (C=O) groups is 1. The van der Waals surface area contributed by atoms with Crippen LogP contribution in [0.5, 0.6) is 11.5 Å². The Morgan fingerprint density at radius 3 is 2.48 bits per heavy atom. The highest BCUT2D eigenvalue weighted by atomic mass is 79.9. The van der Waals surface area contributed by atoms with Crippen molar-refractivity contribution in [3.63, 3.8) is 0 Å². The van der Waals surface area contributed by atoms with Crippen molar-refractivity contribution < 1.29 is 9.53 Å². The number of anilines is 1. The van der Waals surface area contributed by atoms with Crippen molar-refractivity contribution in [3.8, 4) is 11.5 Å². The van der Waals surface area contributed by atoms with Crippen molar-refractivity contribution in [1.82, 2.24) is 15.2 Å². The van der Waals surface area contributed by atoms with Crippen LogP contribution in [0.1, 0.15) is 24.6 Å². The SMILES string of the molecule is O=C(CSc1n[nH]c(C2CC2)n1)Nc1ccc(Oc2ccc(Br)cc2)cc1. The summed E-state index contributed by atoms with van der Waals surface area (Å²) in [5.74, 6) is 3.08. The topological polar surface area (TPSA) is 79.9 Å². The van der Waals surface area contributed by atoms with Crippen LogP contribution in [-0.2, 0) is 4.79 Å². The predicted octanol–water partition coefficient (Wildman–Crippen LogP) is 4.97. The molecule has 0 unspecified atom stereocenters. The third kappa shape index (κ3) is 5.11. The van der Waals surface area contributed by atoms with Gasteiger partial charge in [-0.1, -0.05) is 27.7 Å². The maximum Gasteiger partial charge on any atom is 0.234 e. The summed E-state index contributed by atoms with van der Waals surface area (Å²) in [5, 5.41) is 10.6. The second-order valence-corrected chi connectivity index (χ2v) is 8.05. The zero-order chi connectivity index (χ0) is 18.6. The number of carbonyl (C=O) groups excluding carboxylic acids is 1. The molecule has 1 aliphatic carbocycles. The van der Waals surface area contributed by atoms with E-state index < -0.39 is 0 Å². The zero-order valence-electron chi connectivity index (χ0n) is 14.3. The van der Waals surface area contributed by atoms with Gasteiger partial charge in [-0.2, -0.15) is 0 Å². The lowest BCUT2D eigenvalue weighted by molar-refractivity contribution is -0.113. The number of hydrogen-bond acceptors (Lipinski definition) is 5. The minimum atomic E-state index is -0.0978. The molecule has 0 saturated heterocycles. The molecule has 1 aliphatic rings. The fourth-order valence-corrected chi connectivity index (χ4v) is 3.30. The molecule has 0 aliphatic heterocycles. The smallest absolute Gasteiger partial charge is 0.234 e. The van der Waals surface area contributed by atoms with Crippen molar-refractivity contribution in [2.24, 2.45) is 0 Å². The number of rotatable bonds is 7. The summed E-state index contributed by atoms with van der Waals surface area (Å²) in [6.45, 7) is 0. The molecule has 8 heteroatoms. The molecule has 2 aromatic carbocycles. The molecule has 1 aromatic heterocycles. The van der Waals surface area contributed by atoms with Crippen LogP contribution < -0.4 is 10.1 Å². The van der Waals surface area contributed by atoms with Crippen LogP contribution in [0.2, 0.25) is 0 Å². The van der Waals surface area contributed by atoms with Crippen molar-refractivity contribution in [3.05, 3.63) is 58.8 Å². The first-order valence-electron chi connectivity index (χ1n) is 8.54. The molecule has 1 heterocycles. The van der Waals surface area contributed by atoms with Gasteiger partial charge in [-0.05, 0) is 61.4 Å². The lowest BCUT2D eigenvalue weighted by Gasteiger charge is -2.08. The number of benzene rings is 2. The molecule has 0 bridgehead atoms. The molecule has 1 saturated carbocycles. The Bertz CT molecular complexity index is 924. The Balaban J connectivity index is 1.26. The van der Waals surface area contributed by atoms with Crippen LogP contribution in [0.4, 0.5) is 5.69 Å². The van der Waals surface area contributed by atoms with Crippen LogP contribution in [-0.4, -0.2) is 26.8 Å². The summed E-state index contributed by atoms with van der Waals surface area (Å²) < 4.78 is 6.77. The zero-order valence-corrected chi connectivity index (χ0v) is 16.7. The Labute approximate surface area is 169 Å². The van der Waals surface area contributed by atoms with Crippen molar-refractivity contribution in [2.45, 2.75) is 23.9 Å². The van der Waals surface area contributed by atoms with Gasteiger partial charge < -0.3 is 10.1 Å². The van der Waals surface area contributed by atoms with E-state index in [1.807, 2.05) is 48.5 Å². The molecule has 3 aromatic rings.